The molecule has 3 rings (SSSR count). The fourth-order valence-corrected chi connectivity index (χ4v) is 2.86. The van der Waals surface area contributed by atoms with Crippen molar-refractivity contribution >= 4 is 17.5 Å². The van der Waals surface area contributed by atoms with Gasteiger partial charge in [0.25, 0.3) is 0 Å². The summed E-state index contributed by atoms with van der Waals surface area (Å²) in [5.74, 6) is 0.339. The Balaban J connectivity index is 1.71. The van der Waals surface area contributed by atoms with Crippen molar-refractivity contribution < 1.29 is 19.0 Å². The number of carbonyl (C=O) groups is 1. The van der Waals surface area contributed by atoms with Crippen LogP contribution in [0, 0.1) is 0 Å². The highest BCUT2D eigenvalue weighted by Gasteiger charge is 2.22. The minimum absolute atomic E-state index is 0.00858. The number of nitrogens with zero attached hydrogens (tertiary/aromatic N) is 2. The van der Waals surface area contributed by atoms with Crippen LogP contribution in [0.1, 0.15) is 22.5 Å². The topological polar surface area (TPSA) is 70.5 Å². The van der Waals surface area contributed by atoms with Crippen LogP contribution >= 0.6 is 11.5 Å². The van der Waals surface area contributed by atoms with Gasteiger partial charge < -0.3 is 14.2 Å². The van der Waals surface area contributed by atoms with Crippen LogP contribution in [0.3, 0.4) is 0 Å². The average Bonchev–Trinajstić information content (AvgIpc) is 3.24. The number of aromatic nitrogens is 2. The van der Waals surface area contributed by atoms with Gasteiger partial charge in [-0.25, -0.2) is 4.79 Å². The maximum absolute atomic E-state index is 12.2. The molecule has 0 spiro atoms. The molecule has 1 aliphatic heterocycles. The zero-order chi connectivity index (χ0) is 15.4. The van der Waals surface area contributed by atoms with Crippen LogP contribution in [0.25, 0.3) is 11.3 Å². The minimum Gasteiger partial charge on any atom is -0.497 e. The van der Waals surface area contributed by atoms with E-state index in [4.69, 9.17) is 14.2 Å². The molecule has 1 atom stereocenters. The van der Waals surface area contributed by atoms with Crippen LogP contribution in [-0.4, -0.2) is 42.0 Å². The Morgan fingerprint density at radius 3 is 2.91 bits per heavy atom. The highest BCUT2D eigenvalue weighted by molar-refractivity contribution is 7.08. The summed E-state index contributed by atoms with van der Waals surface area (Å²) in [4.78, 5) is 12.6. The molecule has 116 valence electrons. The first-order valence-corrected chi connectivity index (χ1v) is 7.81. The number of hydrogen-bond donors (Lipinski definition) is 0. The molecule has 22 heavy (non-hydrogen) atoms. The molecule has 1 aliphatic rings. The third kappa shape index (κ3) is 3.26. The van der Waals surface area contributed by atoms with E-state index in [2.05, 4.69) is 9.59 Å². The Bertz CT molecular complexity index is 635. The van der Waals surface area contributed by atoms with Gasteiger partial charge in [0.1, 0.15) is 18.1 Å². The van der Waals surface area contributed by atoms with E-state index in [0.29, 0.717) is 10.6 Å². The normalized spacial score (nSPS) is 17.4. The van der Waals surface area contributed by atoms with Crippen LogP contribution in [0.5, 0.6) is 5.75 Å². The third-order valence-corrected chi connectivity index (χ3v) is 4.17. The average molecular weight is 320 g/mol. The van der Waals surface area contributed by atoms with Gasteiger partial charge >= 0.3 is 5.97 Å². The van der Waals surface area contributed by atoms with E-state index in [1.165, 1.54) is 0 Å². The number of hydrogen-bond acceptors (Lipinski definition) is 7. The standard InChI is InChI=1S/C15H16N2O4S/c1-19-11-6-4-10(5-7-11)13-14(22-17-16-13)15(18)21-9-12-3-2-8-20-12/h4-7,12H,2-3,8-9H2,1H3. The Kier molecular flexibility index (Phi) is 4.65. The Morgan fingerprint density at radius 1 is 1.41 bits per heavy atom. The van der Waals surface area contributed by atoms with Crippen LogP contribution in [0.15, 0.2) is 24.3 Å². The SMILES string of the molecule is COc1ccc(-c2nnsc2C(=O)OCC2CCCO2)cc1. The van der Waals surface area contributed by atoms with E-state index in [1.54, 1.807) is 7.11 Å². The maximum Gasteiger partial charge on any atom is 0.352 e. The molecule has 6 nitrogen and oxygen atoms in total. The number of benzene rings is 1. The fraction of sp³-hybridized carbons (Fsp3) is 0.400. The number of rotatable bonds is 5. The highest BCUT2D eigenvalue weighted by Crippen LogP contribution is 2.26. The maximum atomic E-state index is 12.2. The van der Waals surface area contributed by atoms with E-state index in [0.717, 1.165) is 42.3 Å². The van der Waals surface area contributed by atoms with Crippen LogP contribution in [0.4, 0.5) is 0 Å². The fourth-order valence-electron chi connectivity index (χ4n) is 2.27. The van der Waals surface area contributed by atoms with Crippen molar-refractivity contribution in [2.45, 2.75) is 18.9 Å². The number of esters is 1. The van der Waals surface area contributed by atoms with Crippen LogP contribution < -0.4 is 4.74 Å². The molecular weight excluding hydrogens is 304 g/mol. The molecule has 1 fully saturated rings. The molecule has 1 unspecified atom stereocenters. The second-order valence-electron chi connectivity index (χ2n) is 4.91. The van der Waals surface area contributed by atoms with Crippen molar-refractivity contribution in [2.75, 3.05) is 20.3 Å². The predicted molar refractivity (Wildman–Crippen MR) is 81.2 cm³/mol. The lowest BCUT2D eigenvalue weighted by atomic mass is 10.1. The van der Waals surface area contributed by atoms with Gasteiger partial charge in [0.2, 0.25) is 0 Å². The molecule has 2 aromatic rings. The molecule has 0 amide bonds. The molecule has 2 heterocycles. The van der Waals surface area contributed by atoms with Gasteiger partial charge in [-0.2, -0.15) is 0 Å². The first kappa shape index (κ1) is 14.9. The van der Waals surface area contributed by atoms with Crippen LogP contribution in [-0.2, 0) is 9.47 Å². The predicted octanol–water partition coefficient (Wildman–Crippen LogP) is 2.55. The minimum atomic E-state index is -0.406. The molecule has 0 saturated carbocycles. The lowest BCUT2D eigenvalue weighted by molar-refractivity contribution is 0.0166. The second-order valence-corrected chi connectivity index (χ2v) is 5.67. The van der Waals surface area contributed by atoms with Crippen molar-refractivity contribution in [2.24, 2.45) is 0 Å². The van der Waals surface area contributed by atoms with Crippen molar-refractivity contribution in [3.05, 3.63) is 29.1 Å². The summed E-state index contributed by atoms with van der Waals surface area (Å²) in [7, 11) is 1.60. The first-order valence-electron chi connectivity index (χ1n) is 7.03. The van der Waals surface area contributed by atoms with Crippen LogP contribution in [0.2, 0.25) is 0 Å². The summed E-state index contributed by atoms with van der Waals surface area (Å²) in [6, 6.07) is 7.31. The molecule has 0 aliphatic carbocycles. The Hall–Kier alpha value is -1.99. The number of methoxy groups -OCH3 is 1. The lowest BCUT2D eigenvalue weighted by Gasteiger charge is -2.09. The molecule has 0 N–H and O–H groups in total. The van der Waals surface area contributed by atoms with Gasteiger partial charge in [0.15, 0.2) is 4.88 Å². The van der Waals surface area contributed by atoms with Gasteiger partial charge in [-0.15, -0.1) is 5.10 Å². The molecule has 1 aromatic carbocycles. The number of ether oxygens (including phenoxy) is 3. The summed E-state index contributed by atoms with van der Waals surface area (Å²) in [6.45, 7) is 1.01. The summed E-state index contributed by atoms with van der Waals surface area (Å²) in [6.07, 6.45) is 1.95. The van der Waals surface area contributed by atoms with Gasteiger partial charge in [0, 0.05) is 12.2 Å². The molecular formula is C15H16N2O4S. The van der Waals surface area contributed by atoms with Crippen molar-refractivity contribution in [1.29, 1.82) is 0 Å². The molecule has 7 heteroatoms. The molecule has 0 bridgehead atoms. The monoisotopic (exact) mass is 320 g/mol. The zero-order valence-corrected chi connectivity index (χ0v) is 13.0. The van der Waals surface area contributed by atoms with Crippen molar-refractivity contribution in [3.8, 4) is 17.0 Å². The summed E-state index contributed by atoms with van der Waals surface area (Å²) >= 11 is 1.04. The van der Waals surface area contributed by atoms with E-state index >= 15 is 0 Å². The van der Waals surface area contributed by atoms with E-state index in [9.17, 15) is 4.79 Å². The van der Waals surface area contributed by atoms with Gasteiger partial charge in [-0.05, 0) is 48.6 Å². The van der Waals surface area contributed by atoms with Crippen molar-refractivity contribution in [1.82, 2.24) is 9.59 Å². The molecule has 1 aromatic heterocycles. The smallest absolute Gasteiger partial charge is 0.352 e. The van der Waals surface area contributed by atoms with Gasteiger partial charge in [-0.3, -0.25) is 0 Å². The zero-order valence-electron chi connectivity index (χ0n) is 12.2. The molecule has 0 radical (unpaired) electrons. The summed E-state index contributed by atoms with van der Waals surface area (Å²) in [5, 5.41) is 4.04. The summed E-state index contributed by atoms with van der Waals surface area (Å²) < 4.78 is 19.8. The second kappa shape index (κ2) is 6.85. The molecule has 1 saturated heterocycles. The van der Waals surface area contributed by atoms with E-state index in [-0.39, 0.29) is 12.7 Å². The lowest BCUT2D eigenvalue weighted by Crippen LogP contribution is -2.17. The Morgan fingerprint density at radius 2 is 2.23 bits per heavy atom. The Labute approximate surface area is 132 Å². The van der Waals surface area contributed by atoms with E-state index < -0.39 is 5.97 Å². The summed E-state index contributed by atoms with van der Waals surface area (Å²) in [5.41, 5.74) is 1.34. The quantitative estimate of drug-likeness (QED) is 0.789. The highest BCUT2D eigenvalue weighted by atomic mass is 32.1. The number of carbonyl (C=O) groups excluding carboxylic acids is 1. The van der Waals surface area contributed by atoms with E-state index in [1.807, 2.05) is 24.3 Å². The van der Waals surface area contributed by atoms with Gasteiger partial charge in [-0.1, -0.05) is 4.49 Å². The largest absolute Gasteiger partial charge is 0.497 e. The first-order chi connectivity index (χ1) is 10.8. The third-order valence-electron chi connectivity index (χ3n) is 3.46. The van der Waals surface area contributed by atoms with Crippen molar-refractivity contribution in [3.63, 3.8) is 0 Å². The van der Waals surface area contributed by atoms with Gasteiger partial charge in [0.05, 0.1) is 13.2 Å².